The highest BCUT2D eigenvalue weighted by Crippen LogP contribution is 2.40. The van der Waals surface area contributed by atoms with E-state index >= 15 is 0 Å². The van der Waals surface area contributed by atoms with Crippen LogP contribution in [-0.2, 0) is 11.2 Å². The molecular weight excluding hydrogens is 336 g/mol. The van der Waals surface area contributed by atoms with Crippen molar-refractivity contribution in [2.24, 2.45) is 5.92 Å². The third kappa shape index (κ3) is 2.61. The minimum absolute atomic E-state index is 0.0409. The minimum Gasteiger partial charge on any atom is -0.346 e. The number of nitrogens with zero attached hydrogens (tertiary/aromatic N) is 2. The van der Waals surface area contributed by atoms with Gasteiger partial charge in [0.1, 0.15) is 5.65 Å². The van der Waals surface area contributed by atoms with Crippen LogP contribution in [0.4, 0.5) is 5.69 Å². The van der Waals surface area contributed by atoms with E-state index in [0.717, 1.165) is 52.7 Å². The topological polar surface area (TPSA) is 81.6 Å². The van der Waals surface area contributed by atoms with Crippen LogP contribution < -0.4 is 5.32 Å². The normalized spacial score (nSPS) is 18.7. The standard InChI is InChI=1S/C22H18N4O/c23-11-13-1-3-14(4-2-13)21-17-7-8-24-22(17)25-12-18(21)15-5-6-16-10-20(27)26-19(16)9-15/h3,5-9,12-13H,1-2,4,10H2,(H,24,25)(H,26,27). The highest BCUT2D eigenvalue weighted by Gasteiger charge is 2.22. The van der Waals surface area contributed by atoms with Gasteiger partial charge in [-0.3, -0.25) is 4.79 Å². The molecule has 1 atom stereocenters. The summed E-state index contributed by atoms with van der Waals surface area (Å²) in [7, 11) is 0. The zero-order valence-corrected chi connectivity index (χ0v) is 14.7. The zero-order chi connectivity index (χ0) is 18.4. The van der Waals surface area contributed by atoms with E-state index in [1.54, 1.807) is 0 Å². The first kappa shape index (κ1) is 15.8. The van der Waals surface area contributed by atoms with Crippen molar-refractivity contribution in [3.05, 3.63) is 53.9 Å². The lowest BCUT2D eigenvalue weighted by molar-refractivity contribution is -0.115. The van der Waals surface area contributed by atoms with Crippen molar-refractivity contribution in [2.45, 2.75) is 25.7 Å². The molecule has 0 fully saturated rings. The first-order valence-corrected chi connectivity index (χ1v) is 9.21. The van der Waals surface area contributed by atoms with Gasteiger partial charge in [0.25, 0.3) is 0 Å². The lowest BCUT2D eigenvalue weighted by Gasteiger charge is -2.20. The molecule has 2 N–H and O–H groups in total. The molecule has 0 bridgehead atoms. The number of pyridine rings is 1. The van der Waals surface area contributed by atoms with Crippen LogP contribution in [0.1, 0.15) is 30.4 Å². The number of aromatic nitrogens is 2. The highest BCUT2D eigenvalue weighted by atomic mass is 16.1. The maximum absolute atomic E-state index is 11.7. The van der Waals surface area contributed by atoms with Crippen molar-refractivity contribution in [3.8, 4) is 17.2 Å². The monoisotopic (exact) mass is 354 g/mol. The SMILES string of the molecule is N#CC1CC=C(c2c(-c3ccc4c(c3)NC(=O)C4)cnc3[nH]ccc23)CC1. The van der Waals surface area contributed by atoms with Gasteiger partial charge in [-0.15, -0.1) is 0 Å². The Balaban J connectivity index is 1.68. The molecule has 3 heterocycles. The molecule has 2 aromatic heterocycles. The van der Waals surface area contributed by atoms with Crippen molar-refractivity contribution in [1.82, 2.24) is 9.97 Å². The van der Waals surface area contributed by atoms with Crippen LogP contribution in [0.25, 0.3) is 27.7 Å². The van der Waals surface area contributed by atoms with Crippen LogP contribution in [0, 0.1) is 17.2 Å². The summed E-state index contributed by atoms with van der Waals surface area (Å²) in [5, 5.41) is 13.2. The van der Waals surface area contributed by atoms with Crippen molar-refractivity contribution in [3.63, 3.8) is 0 Å². The summed E-state index contributed by atoms with van der Waals surface area (Å²) in [5.74, 6) is 0.148. The van der Waals surface area contributed by atoms with E-state index in [0.29, 0.717) is 6.42 Å². The maximum Gasteiger partial charge on any atom is 0.228 e. The number of aromatic amines is 1. The smallest absolute Gasteiger partial charge is 0.228 e. The lowest BCUT2D eigenvalue weighted by Crippen LogP contribution is -2.04. The van der Waals surface area contributed by atoms with Gasteiger partial charge in [-0.1, -0.05) is 18.2 Å². The van der Waals surface area contributed by atoms with Crippen LogP contribution in [0.2, 0.25) is 0 Å². The first-order valence-electron chi connectivity index (χ1n) is 9.21. The fraction of sp³-hybridized carbons (Fsp3) is 0.227. The number of hydrogen-bond donors (Lipinski definition) is 2. The quantitative estimate of drug-likeness (QED) is 0.714. The van der Waals surface area contributed by atoms with Crippen LogP contribution in [0.5, 0.6) is 0 Å². The first-order chi connectivity index (χ1) is 13.2. The number of fused-ring (bicyclic) bond motifs is 2. The Labute approximate surface area is 156 Å². The van der Waals surface area contributed by atoms with Crippen molar-refractivity contribution < 1.29 is 4.79 Å². The van der Waals surface area contributed by atoms with Gasteiger partial charge in [0, 0.05) is 29.0 Å². The van der Waals surface area contributed by atoms with Crippen LogP contribution in [-0.4, -0.2) is 15.9 Å². The third-order valence-corrected chi connectivity index (χ3v) is 5.55. The molecule has 3 aromatic rings. The highest BCUT2D eigenvalue weighted by molar-refractivity contribution is 6.02. The molecule has 1 aliphatic carbocycles. The van der Waals surface area contributed by atoms with Gasteiger partial charge in [-0.05, 0) is 53.7 Å². The van der Waals surface area contributed by atoms with Gasteiger partial charge < -0.3 is 10.3 Å². The van der Waals surface area contributed by atoms with Gasteiger partial charge >= 0.3 is 0 Å². The Hall–Kier alpha value is -3.39. The third-order valence-electron chi connectivity index (χ3n) is 5.55. The number of hydrogen-bond acceptors (Lipinski definition) is 3. The number of carbonyl (C=O) groups is 1. The molecule has 1 aromatic carbocycles. The molecule has 5 heteroatoms. The predicted octanol–water partition coefficient (Wildman–Crippen LogP) is 4.43. The second-order valence-electron chi connectivity index (χ2n) is 7.21. The molecule has 0 spiro atoms. The summed E-state index contributed by atoms with van der Waals surface area (Å²) < 4.78 is 0. The van der Waals surface area contributed by atoms with Crippen molar-refractivity contribution in [1.29, 1.82) is 5.26 Å². The van der Waals surface area contributed by atoms with Crippen LogP contribution in [0.15, 0.2) is 42.7 Å². The van der Waals surface area contributed by atoms with Crippen LogP contribution >= 0.6 is 0 Å². The molecule has 0 saturated carbocycles. The van der Waals surface area contributed by atoms with Gasteiger partial charge in [-0.25, -0.2) is 4.98 Å². The number of H-pyrrole nitrogens is 1. The molecular formula is C22H18N4O. The Kier molecular flexibility index (Phi) is 3.58. The maximum atomic E-state index is 11.7. The second-order valence-corrected chi connectivity index (χ2v) is 7.21. The Bertz CT molecular complexity index is 1150. The molecule has 132 valence electrons. The average molecular weight is 354 g/mol. The number of anilines is 1. The fourth-order valence-corrected chi connectivity index (χ4v) is 4.13. The van der Waals surface area contributed by atoms with E-state index in [2.05, 4.69) is 39.6 Å². The molecule has 1 aliphatic heterocycles. The predicted molar refractivity (Wildman–Crippen MR) is 105 cm³/mol. The minimum atomic E-state index is 0.0409. The Morgan fingerprint density at radius 1 is 1.26 bits per heavy atom. The largest absolute Gasteiger partial charge is 0.346 e. The summed E-state index contributed by atoms with van der Waals surface area (Å²) in [6, 6.07) is 10.6. The Morgan fingerprint density at radius 2 is 2.19 bits per heavy atom. The number of benzene rings is 1. The molecule has 0 radical (unpaired) electrons. The number of rotatable bonds is 2. The van der Waals surface area contributed by atoms with Crippen molar-refractivity contribution >= 4 is 28.2 Å². The molecule has 5 nitrogen and oxygen atoms in total. The number of allylic oxidation sites excluding steroid dienone is 2. The van der Waals surface area contributed by atoms with E-state index in [1.165, 1.54) is 11.1 Å². The average Bonchev–Trinajstić information content (AvgIpc) is 3.31. The van der Waals surface area contributed by atoms with Gasteiger partial charge in [-0.2, -0.15) is 5.26 Å². The number of carbonyl (C=O) groups excluding carboxylic acids is 1. The summed E-state index contributed by atoms with van der Waals surface area (Å²) in [6.07, 6.45) is 9.03. The lowest BCUT2D eigenvalue weighted by atomic mass is 9.84. The summed E-state index contributed by atoms with van der Waals surface area (Å²) in [4.78, 5) is 19.5. The Morgan fingerprint density at radius 3 is 3.00 bits per heavy atom. The molecule has 1 amide bonds. The van der Waals surface area contributed by atoms with E-state index in [-0.39, 0.29) is 11.8 Å². The van der Waals surface area contributed by atoms with E-state index < -0.39 is 0 Å². The van der Waals surface area contributed by atoms with E-state index in [1.807, 2.05) is 24.5 Å². The number of nitrogens with one attached hydrogen (secondary N) is 2. The second kappa shape index (κ2) is 6.10. The molecule has 0 saturated heterocycles. The van der Waals surface area contributed by atoms with E-state index in [4.69, 9.17) is 0 Å². The van der Waals surface area contributed by atoms with Crippen LogP contribution in [0.3, 0.4) is 0 Å². The molecule has 1 unspecified atom stereocenters. The number of amides is 1. The molecule has 5 rings (SSSR count). The summed E-state index contributed by atoms with van der Waals surface area (Å²) in [5.41, 5.74) is 7.36. The number of nitriles is 1. The van der Waals surface area contributed by atoms with E-state index in [9.17, 15) is 10.1 Å². The molecule has 2 aliphatic rings. The zero-order valence-electron chi connectivity index (χ0n) is 14.7. The van der Waals surface area contributed by atoms with Crippen molar-refractivity contribution in [2.75, 3.05) is 5.32 Å². The summed E-state index contributed by atoms with van der Waals surface area (Å²) in [6.45, 7) is 0. The fourth-order valence-electron chi connectivity index (χ4n) is 4.13. The van der Waals surface area contributed by atoms with Gasteiger partial charge in [0.2, 0.25) is 5.91 Å². The van der Waals surface area contributed by atoms with Gasteiger partial charge in [0.05, 0.1) is 18.4 Å². The van der Waals surface area contributed by atoms with Gasteiger partial charge in [0.15, 0.2) is 0 Å². The summed E-state index contributed by atoms with van der Waals surface area (Å²) >= 11 is 0. The molecule has 27 heavy (non-hydrogen) atoms.